The van der Waals surface area contributed by atoms with Gasteiger partial charge in [-0.2, -0.15) is 0 Å². The highest BCUT2D eigenvalue weighted by Gasteiger charge is 2.32. The Morgan fingerprint density at radius 2 is 1.97 bits per heavy atom. The van der Waals surface area contributed by atoms with Crippen molar-refractivity contribution in [2.45, 2.75) is 39.3 Å². The SMILES string of the molecule is CC(C)CC(=O)N1CCc2ccc(OCc3nc(C(=O)NCCN(C)C)cs3)cc2[C@H]1c1ccccc1. The number of benzene rings is 2. The number of aromatic nitrogens is 1. The van der Waals surface area contributed by atoms with Crippen molar-refractivity contribution in [1.82, 2.24) is 20.1 Å². The lowest BCUT2D eigenvalue weighted by molar-refractivity contribution is -0.134. The summed E-state index contributed by atoms with van der Waals surface area (Å²) in [5.41, 5.74) is 3.85. The average molecular weight is 521 g/mol. The second-order valence-corrected chi connectivity index (χ2v) is 11.0. The molecule has 1 aromatic heterocycles. The Balaban J connectivity index is 1.49. The largest absolute Gasteiger partial charge is 0.486 e. The molecule has 7 nitrogen and oxygen atoms in total. The Morgan fingerprint density at radius 3 is 2.70 bits per heavy atom. The van der Waals surface area contributed by atoms with Gasteiger partial charge in [-0.15, -0.1) is 11.3 Å². The fraction of sp³-hybridized carbons (Fsp3) is 0.414. The number of nitrogens with zero attached hydrogens (tertiary/aromatic N) is 3. The zero-order valence-corrected chi connectivity index (χ0v) is 22.9. The number of likely N-dealkylation sites (N-methyl/N-ethyl adjacent to an activating group) is 1. The molecule has 2 heterocycles. The van der Waals surface area contributed by atoms with Crippen LogP contribution in [0.2, 0.25) is 0 Å². The van der Waals surface area contributed by atoms with Crippen molar-refractivity contribution in [3.8, 4) is 5.75 Å². The normalized spacial score (nSPS) is 15.1. The summed E-state index contributed by atoms with van der Waals surface area (Å²) in [5, 5.41) is 5.39. The van der Waals surface area contributed by atoms with Crippen LogP contribution in [0, 0.1) is 5.92 Å². The van der Waals surface area contributed by atoms with Crippen molar-refractivity contribution in [3.05, 3.63) is 81.3 Å². The Morgan fingerprint density at radius 1 is 1.19 bits per heavy atom. The zero-order chi connectivity index (χ0) is 26.4. The van der Waals surface area contributed by atoms with Gasteiger partial charge in [0.05, 0.1) is 6.04 Å². The van der Waals surface area contributed by atoms with Crippen LogP contribution in [0.4, 0.5) is 0 Å². The van der Waals surface area contributed by atoms with Gasteiger partial charge in [0.15, 0.2) is 0 Å². The molecule has 1 aliphatic heterocycles. The van der Waals surface area contributed by atoms with Crippen LogP contribution in [0.3, 0.4) is 0 Å². The van der Waals surface area contributed by atoms with Crippen LogP contribution >= 0.6 is 11.3 Å². The molecular formula is C29H36N4O3S. The van der Waals surface area contributed by atoms with Crippen molar-refractivity contribution in [2.24, 2.45) is 5.92 Å². The number of thiazole rings is 1. The molecule has 2 amide bonds. The molecule has 0 fully saturated rings. The Bertz CT molecular complexity index is 1210. The van der Waals surface area contributed by atoms with Crippen molar-refractivity contribution in [1.29, 1.82) is 0 Å². The summed E-state index contributed by atoms with van der Waals surface area (Å²) in [6, 6.07) is 16.2. The van der Waals surface area contributed by atoms with Crippen molar-refractivity contribution >= 4 is 23.2 Å². The maximum absolute atomic E-state index is 13.2. The Labute approximate surface area is 223 Å². The number of carbonyl (C=O) groups is 2. The minimum atomic E-state index is -0.171. The maximum atomic E-state index is 13.2. The van der Waals surface area contributed by atoms with Gasteiger partial charge >= 0.3 is 0 Å². The summed E-state index contributed by atoms with van der Waals surface area (Å²) in [4.78, 5) is 34.0. The van der Waals surface area contributed by atoms with E-state index in [-0.39, 0.29) is 24.5 Å². The van der Waals surface area contributed by atoms with Crippen molar-refractivity contribution in [3.63, 3.8) is 0 Å². The minimum Gasteiger partial charge on any atom is -0.486 e. The number of carbonyl (C=O) groups excluding carboxylic acids is 2. The van der Waals surface area contributed by atoms with Crippen LogP contribution in [0.15, 0.2) is 53.9 Å². The molecule has 4 rings (SSSR count). The highest BCUT2D eigenvalue weighted by atomic mass is 32.1. The molecule has 0 saturated carbocycles. The first kappa shape index (κ1) is 26.8. The van der Waals surface area contributed by atoms with E-state index >= 15 is 0 Å². The van der Waals surface area contributed by atoms with Crippen molar-refractivity contribution < 1.29 is 14.3 Å². The smallest absolute Gasteiger partial charge is 0.270 e. The predicted octanol–water partition coefficient (Wildman–Crippen LogP) is 4.53. The molecule has 0 saturated heterocycles. The summed E-state index contributed by atoms with van der Waals surface area (Å²) in [6.45, 7) is 6.49. The molecule has 0 unspecified atom stereocenters. The molecule has 1 atom stereocenters. The number of fused-ring (bicyclic) bond motifs is 1. The topological polar surface area (TPSA) is 74.8 Å². The van der Waals surface area contributed by atoms with Gasteiger partial charge in [-0.05, 0) is 55.3 Å². The van der Waals surface area contributed by atoms with Crippen LogP contribution in [0.25, 0.3) is 0 Å². The standard InChI is InChI=1S/C29H36N4O3S/c1-20(2)16-27(34)33-14-12-21-10-11-23(17-24(21)28(33)22-8-6-5-7-9-22)36-18-26-31-25(19-37-26)29(35)30-13-15-32(3)4/h5-11,17,19-20,28H,12-16,18H2,1-4H3,(H,30,35)/t28-/m1/s1. The van der Waals surface area contributed by atoms with Crippen LogP contribution in [0.1, 0.15) is 58.5 Å². The Hall–Kier alpha value is -3.23. The lowest BCUT2D eigenvalue weighted by Crippen LogP contribution is -2.41. The summed E-state index contributed by atoms with van der Waals surface area (Å²) >= 11 is 1.41. The third-order valence-electron chi connectivity index (χ3n) is 6.36. The van der Waals surface area contributed by atoms with Gasteiger partial charge < -0.3 is 19.9 Å². The monoisotopic (exact) mass is 520 g/mol. The van der Waals surface area contributed by atoms with E-state index in [2.05, 4.69) is 48.4 Å². The van der Waals surface area contributed by atoms with Crippen LogP contribution in [-0.4, -0.2) is 60.3 Å². The molecule has 196 valence electrons. The van der Waals surface area contributed by atoms with E-state index in [1.807, 2.05) is 48.2 Å². The lowest BCUT2D eigenvalue weighted by atomic mass is 9.87. The maximum Gasteiger partial charge on any atom is 0.270 e. The number of ether oxygens (including phenoxy) is 1. The second kappa shape index (κ2) is 12.3. The molecule has 0 bridgehead atoms. The van der Waals surface area contributed by atoms with Crippen molar-refractivity contribution in [2.75, 3.05) is 33.7 Å². The molecule has 1 aliphatic rings. The first-order chi connectivity index (χ1) is 17.8. The fourth-order valence-corrected chi connectivity index (χ4v) is 5.21. The van der Waals surface area contributed by atoms with E-state index < -0.39 is 0 Å². The van der Waals surface area contributed by atoms with Gasteiger partial charge in [-0.3, -0.25) is 9.59 Å². The number of nitrogens with one attached hydrogen (secondary N) is 1. The zero-order valence-electron chi connectivity index (χ0n) is 22.1. The predicted molar refractivity (Wildman–Crippen MR) is 147 cm³/mol. The Kier molecular flexibility index (Phi) is 8.95. The van der Waals surface area contributed by atoms with Crippen LogP contribution in [0.5, 0.6) is 5.75 Å². The molecule has 37 heavy (non-hydrogen) atoms. The van der Waals surface area contributed by atoms with Crippen LogP contribution < -0.4 is 10.1 Å². The first-order valence-corrected chi connectivity index (χ1v) is 13.7. The molecule has 0 spiro atoms. The number of hydrogen-bond donors (Lipinski definition) is 1. The molecule has 0 aliphatic carbocycles. The summed E-state index contributed by atoms with van der Waals surface area (Å²) in [7, 11) is 3.93. The molecule has 0 radical (unpaired) electrons. The van der Waals surface area contributed by atoms with E-state index in [0.717, 1.165) is 34.8 Å². The quantitative estimate of drug-likeness (QED) is 0.425. The van der Waals surface area contributed by atoms with Gasteiger partial charge in [0.2, 0.25) is 5.91 Å². The fourth-order valence-electron chi connectivity index (χ4n) is 4.52. The highest BCUT2D eigenvalue weighted by Crippen LogP contribution is 2.38. The molecule has 8 heteroatoms. The van der Waals surface area contributed by atoms with E-state index in [1.165, 1.54) is 16.9 Å². The lowest BCUT2D eigenvalue weighted by Gasteiger charge is -2.38. The molecule has 2 aromatic carbocycles. The van der Waals surface area contributed by atoms with Gasteiger partial charge in [-0.1, -0.05) is 50.2 Å². The van der Waals surface area contributed by atoms with Gasteiger partial charge in [0, 0.05) is 31.4 Å². The number of amides is 2. The second-order valence-electron chi connectivity index (χ2n) is 10.1. The van der Waals surface area contributed by atoms with Gasteiger partial charge in [-0.25, -0.2) is 4.98 Å². The summed E-state index contributed by atoms with van der Waals surface area (Å²) < 4.78 is 6.11. The molecular weight excluding hydrogens is 484 g/mol. The van der Waals surface area contributed by atoms with E-state index in [0.29, 0.717) is 31.1 Å². The summed E-state index contributed by atoms with van der Waals surface area (Å²) in [6.07, 6.45) is 1.35. The first-order valence-electron chi connectivity index (χ1n) is 12.8. The van der Waals surface area contributed by atoms with Gasteiger partial charge in [0.25, 0.3) is 5.91 Å². The molecule has 3 aromatic rings. The third-order valence-corrected chi connectivity index (χ3v) is 7.18. The van der Waals surface area contributed by atoms with Crippen LogP contribution in [-0.2, 0) is 17.8 Å². The van der Waals surface area contributed by atoms with E-state index in [1.54, 1.807) is 5.38 Å². The minimum absolute atomic E-state index is 0.142. The average Bonchev–Trinajstić information content (AvgIpc) is 3.36. The van der Waals surface area contributed by atoms with E-state index in [4.69, 9.17) is 4.74 Å². The van der Waals surface area contributed by atoms with Gasteiger partial charge in [0.1, 0.15) is 23.1 Å². The number of rotatable bonds is 10. The molecule has 1 N–H and O–H groups in total. The third kappa shape index (κ3) is 6.96. The van der Waals surface area contributed by atoms with E-state index in [9.17, 15) is 9.59 Å². The number of hydrogen-bond acceptors (Lipinski definition) is 6. The summed E-state index contributed by atoms with van der Waals surface area (Å²) in [5.74, 6) is 1.04. The highest BCUT2D eigenvalue weighted by molar-refractivity contribution is 7.09.